The van der Waals surface area contributed by atoms with Crippen molar-refractivity contribution in [2.75, 3.05) is 6.61 Å². The summed E-state index contributed by atoms with van der Waals surface area (Å²) in [5, 5.41) is 13.1. The minimum atomic E-state index is -0.448. The lowest BCUT2D eigenvalue weighted by molar-refractivity contribution is 0.0525. The maximum atomic E-state index is 11.9. The maximum Gasteiger partial charge on any atom is 0.341 e. The van der Waals surface area contributed by atoms with Gasteiger partial charge in [-0.15, -0.1) is 0 Å². The molecular formula is C15H15N3O2. The van der Waals surface area contributed by atoms with E-state index in [4.69, 9.17) is 10.00 Å². The fourth-order valence-corrected chi connectivity index (χ4v) is 1.91. The van der Waals surface area contributed by atoms with E-state index in [0.717, 1.165) is 11.3 Å². The summed E-state index contributed by atoms with van der Waals surface area (Å²) in [5.74, 6) is -0.448. The number of carbonyl (C=O) groups excluding carboxylic acids is 1. The Morgan fingerprint density at radius 1 is 1.40 bits per heavy atom. The number of hydrogen-bond donors (Lipinski definition) is 0. The number of esters is 1. The zero-order valence-electron chi connectivity index (χ0n) is 11.5. The summed E-state index contributed by atoms with van der Waals surface area (Å²) in [6.45, 7) is 4.03. The van der Waals surface area contributed by atoms with Crippen molar-refractivity contribution >= 4 is 5.97 Å². The second-order valence-electron chi connectivity index (χ2n) is 4.31. The SMILES string of the molecule is CCOC(=O)c1cnn(-c2ccc(C)cc2)c1CC#N. The van der Waals surface area contributed by atoms with Crippen molar-refractivity contribution in [3.63, 3.8) is 0 Å². The zero-order chi connectivity index (χ0) is 14.5. The van der Waals surface area contributed by atoms with E-state index in [1.165, 1.54) is 6.20 Å². The van der Waals surface area contributed by atoms with Gasteiger partial charge < -0.3 is 4.74 Å². The number of carbonyl (C=O) groups is 1. The molecule has 0 saturated carbocycles. The van der Waals surface area contributed by atoms with E-state index in [9.17, 15) is 4.79 Å². The molecule has 2 aromatic rings. The van der Waals surface area contributed by atoms with Crippen molar-refractivity contribution in [1.82, 2.24) is 9.78 Å². The molecule has 0 atom stereocenters. The van der Waals surface area contributed by atoms with Crippen LogP contribution in [0.1, 0.15) is 28.5 Å². The Morgan fingerprint density at radius 3 is 2.70 bits per heavy atom. The number of aromatic nitrogens is 2. The average molecular weight is 269 g/mol. The largest absolute Gasteiger partial charge is 0.462 e. The second-order valence-corrected chi connectivity index (χ2v) is 4.31. The van der Waals surface area contributed by atoms with E-state index < -0.39 is 5.97 Å². The molecule has 0 saturated heterocycles. The number of ether oxygens (including phenoxy) is 1. The number of hydrogen-bond acceptors (Lipinski definition) is 4. The van der Waals surface area contributed by atoms with Crippen LogP contribution in [-0.4, -0.2) is 22.4 Å². The summed E-state index contributed by atoms with van der Waals surface area (Å²) in [6.07, 6.45) is 1.55. The first-order chi connectivity index (χ1) is 9.67. The quantitative estimate of drug-likeness (QED) is 0.799. The lowest BCUT2D eigenvalue weighted by Gasteiger charge is -2.07. The molecule has 5 heteroatoms. The van der Waals surface area contributed by atoms with Crippen LogP contribution < -0.4 is 0 Å². The second kappa shape index (κ2) is 6.02. The molecule has 0 aliphatic heterocycles. The van der Waals surface area contributed by atoms with Gasteiger partial charge in [-0.3, -0.25) is 0 Å². The molecule has 0 N–H and O–H groups in total. The third-order valence-corrected chi connectivity index (χ3v) is 2.89. The van der Waals surface area contributed by atoms with Crippen molar-refractivity contribution in [1.29, 1.82) is 5.26 Å². The Hall–Kier alpha value is -2.61. The summed E-state index contributed by atoms with van der Waals surface area (Å²) in [7, 11) is 0. The zero-order valence-corrected chi connectivity index (χ0v) is 11.5. The van der Waals surface area contributed by atoms with Gasteiger partial charge in [-0.25, -0.2) is 9.48 Å². The molecule has 0 unspecified atom stereocenters. The lowest BCUT2D eigenvalue weighted by atomic mass is 10.2. The first-order valence-electron chi connectivity index (χ1n) is 6.35. The fraction of sp³-hybridized carbons (Fsp3) is 0.267. The molecule has 2 rings (SSSR count). The number of rotatable bonds is 4. The first-order valence-corrected chi connectivity index (χ1v) is 6.35. The number of benzene rings is 1. The summed E-state index contributed by atoms with van der Waals surface area (Å²) < 4.78 is 6.59. The van der Waals surface area contributed by atoms with Gasteiger partial charge in [0.15, 0.2) is 0 Å². The van der Waals surface area contributed by atoms with E-state index in [1.807, 2.05) is 31.2 Å². The van der Waals surface area contributed by atoms with Gasteiger partial charge in [-0.1, -0.05) is 17.7 Å². The summed E-state index contributed by atoms with van der Waals surface area (Å²) in [4.78, 5) is 11.9. The third-order valence-electron chi connectivity index (χ3n) is 2.89. The molecule has 5 nitrogen and oxygen atoms in total. The highest BCUT2D eigenvalue weighted by atomic mass is 16.5. The van der Waals surface area contributed by atoms with E-state index in [1.54, 1.807) is 11.6 Å². The van der Waals surface area contributed by atoms with Crippen LogP contribution in [0.2, 0.25) is 0 Å². The van der Waals surface area contributed by atoms with Crippen molar-refractivity contribution in [3.8, 4) is 11.8 Å². The Balaban J connectivity index is 2.46. The van der Waals surface area contributed by atoms with Crippen LogP contribution in [0, 0.1) is 18.3 Å². The predicted molar refractivity (Wildman–Crippen MR) is 73.6 cm³/mol. The molecule has 0 spiro atoms. The molecule has 0 aliphatic carbocycles. The molecule has 1 aromatic carbocycles. The highest BCUT2D eigenvalue weighted by Gasteiger charge is 2.19. The average Bonchev–Trinajstić information content (AvgIpc) is 2.84. The van der Waals surface area contributed by atoms with E-state index >= 15 is 0 Å². The van der Waals surface area contributed by atoms with Gasteiger partial charge in [0.1, 0.15) is 5.56 Å². The van der Waals surface area contributed by atoms with Gasteiger partial charge >= 0.3 is 5.97 Å². The van der Waals surface area contributed by atoms with Gasteiger partial charge in [0.2, 0.25) is 0 Å². The topological polar surface area (TPSA) is 67.9 Å². The van der Waals surface area contributed by atoms with Gasteiger partial charge in [0.25, 0.3) is 0 Å². The van der Waals surface area contributed by atoms with Gasteiger partial charge in [-0.2, -0.15) is 10.4 Å². The highest BCUT2D eigenvalue weighted by Crippen LogP contribution is 2.17. The minimum Gasteiger partial charge on any atom is -0.462 e. The standard InChI is InChI=1S/C15H15N3O2/c1-3-20-15(19)13-10-17-18(14(13)8-9-16)12-6-4-11(2)5-7-12/h4-7,10H,3,8H2,1-2H3. The summed E-state index contributed by atoms with van der Waals surface area (Å²) >= 11 is 0. The normalized spacial score (nSPS) is 10.1. The Morgan fingerprint density at radius 2 is 2.10 bits per heavy atom. The summed E-state index contributed by atoms with van der Waals surface area (Å²) in [5.41, 5.74) is 2.84. The van der Waals surface area contributed by atoms with Crippen LogP contribution in [0.5, 0.6) is 0 Å². The first kappa shape index (κ1) is 13.8. The van der Waals surface area contributed by atoms with Crippen LogP contribution in [-0.2, 0) is 11.2 Å². The van der Waals surface area contributed by atoms with Crippen LogP contribution >= 0.6 is 0 Å². The van der Waals surface area contributed by atoms with Crippen LogP contribution in [0.25, 0.3) is 5.69 Å². The number of aryl methyl sites for hydroxylation is 1. The van der Waals surface area contributed by atoms with Crippen molar-refractivity contribution in [2.24, 2.45) is 0 Å². The molecule has 0 bridgehead atoms. The molecule has 0 aliphatic rings. The van der Waals surface area contributed by atoms with Gasteiger partial charge in [0, 0.05) is 0 Å². The van der Waals surface area contributed by atoms with Gasteiger partial charge in [-0.05, 0) is 26.0 Å². The fourth-order valence-electron chi connectivity index (χ4n) is 1.91. The molecule has 102 valence electrons. The number of nitriles is 1. The summed E-state index contributed by atoms with van der Waals surface area (Å²) in [6, 6.07) is 9.77. The predicted octanol–water partition coefficient (Wildman–Crippen LogP) is 2.42. The maximum absolute atomic E-state index is 11.9. The van der Waals surface area contributed by atoms with E-state index in [-0.39, 0.29) is 6.42 Å². The van der Waals surface area contributed by atoms with Crippen molar-refractivity contribution < 1.29 is 9.53 Å². The molecule has 1 heterocycles. The lowest BCUT2D eigenvalue weighted by Crippen LogP contribution is -2.09. The molecule has 0 fully saturated rings. The van der Waals surface area contributed by atoms with E-state index in [2.05, 4.69) is 11.2 Å². The molecule has 0 amide bonds. The monoisotopic (exact) mass is 269 g/mol. The van der Waals surface area contributed by atoms with Crippen molar-refractivity contribution in [3.05, 3.63) is 47.3 Å². The Bertz CT molecular complexity index is 651. The van der Waals surface area contributed by atoms with Crippen LogP contribution in [0.4, 0.5) is 0 Å². The minimum absolute atomic E-state index is 0.0992. The molecule has 1 aromatic heterocycles. The molecule has 0 radical (unpaired) electrons. The Kier molecular flexibility index (Phi) is 4.16. The van der Waals surface area contributed by atoms with Crippen molar-refractivity contribution in [2.45, 2.75) is 20.3 Å². The Labute approximate surface area is 117 Å². The molecule has 20 heavy (non-hydrogen) atoms. The van der Waals surface area contributed by atoms with Crippen LogP contribution in [0.15, 0.2) is 30.5 Å². The number of nitrogens with zero attached hydrogens (tertiary/aromatic N) is 3. The highest BCUT2D eigenvalue weighted by molar-refractivity contribution is 5.90. The van der Waals surface area contributed by atoms with E-state index in [0.29, 0.717) is 17.9 Å². The van der Waals surface area contributed by atoms with Crippen LogP contribution in [0.3, 0.4) is 0 Å². The molecular weight excluding hydrogens is 254 g/mol. The smallest absolute Gasteiger partial charge is 0.341 e. The third kappa shape index (κ3) is 2.69. The van der Waals surface area contributed by atoms with Gasteiger partial charge in [0.05, 0.1) is 36.7 Å².